The van der Waals surface area contributed by atoms with Crippen molar-refractivity contribution in [2.45, 2.75) is 30.5 Å². The zero-order chi connectivity index (χ0) is 13.8. The Hall–Kier alpha value is -1.59. The molecule has 0 amide bonds. The molecule has 0 aromatic carbocycles. The molecule has 7 nitrogen and oxygen atoms in total. The Morgan fingerprint density at radius 1 is 1.61 bits per heavy atom. The van der Waals surface area contributed by atoms with E-state index in [2.05, 4.69) is 10.1 Å². The number of thioether (sulfide) groups is 1. The van der Waals surface area contributed by atoms with Crippen LogP contribution in [0.1, 0.15) is 19.8 Å². The highest BCUT2D eigenvalue weighted by Gasteiger charge is 2.16. The molecule has 0 fully saturated rings. The van der Waals surface area contributed by atoms with E-state index in [0.29, 0.717) is 17.3 Å². The minimum atomic E-state index is -0.829. The first-order chi connectivity index (χ1) is 8.35. The van der Waals surface area contributed by atoms with Crippen LogP contribution >= 0.6 is 11.8 Å². The molecular weight excluding hydrogens is 254 g/mol. The molecule has 1 heterocycles. The number of nitriles is 1. The Morgan fingerprint density at radius 2 is 2.28 bits per heavy atom. The molecule has 1 unspecified atom stereocenters. The maximum Gasteiger partial charge on any atom is 0.339 e. The smallest absolute Gasteiger partial charge is 0.314 e. The first-order valence-corrected chi connectivity index (χ1v) is 6.34. The molecule has 0 radical (unpaired) electrons. The van der Waals surface area contributed by atoms with Crippen LogP contribution in [-0.2, 0) is 7.05 Å². The molecule has 0 spiro atoms. The summed E-state index contributed by atoms with van der Waals surface area (Å²) in [5, 5.41) is 11.5. The number of hydrogen-bond acceptors (Lipinski definition) is 6. The molecule has 3 N–H and O–H groups in total. The van der Waals surface area contributed by atoms with Crippen LogP contribution in [0, 0.1) is 11.3 Å². The first-order valence-electron chi connectivity index (χ1n) is 5.36. The third-order valence-corrected chi connectivity index (χ3v) is 3.39. The van der Waals surface area contributed by atoms with Gasteiger partial charge in [-0.1, -0.05) is 11.8 Å². The summed E-state index contributed by atoms with van der Waals surface area (Å²) in [5.74, 6) is 0.667. The molecule has 98 valence electrons. The van der Waals surface area contributed by atoms with Crippen molar-refractivity contribution >= 4 is 11.8 Å². The lowest BCUT2D eigenvalue weighted by Gasteiger charge is -2.14. The SMILES string of the molecule is Cn1[nH]c(=O)c(=O)nc1SCCCC(C)(N)C#N. The van der Waals surface area contributed by atoms with Crippen LogP contribution in [0.3, 0.4) is 0 Å². The zero-order valence-corrected chi connectivity index (χ0v) is 11.1. The summed E-state index contributed by atoms with van der Waals surface area (Å²) in [6.45, 7) is 1.67. The lowest BCUT2D eigenvalue weighted by atomic mass is 10.0. The van der Waals surface area contributed by atoms with Gasteiger partial charge in [0, 0.05) is 12.8 Å². The molecule has 18 heavy (non-hydrogen) atoms. The number of aromatic nitrogens is 3. The minimum absolute atomic E-state index is 0.440. The van der Waals surface area contributed by atoms with Crippen molar-refractivity contribution in [2.75, 3.05) is 5.75 Å². The molecule has 1 atom stereocenters. The zero-order valence-electron chi connectivity index (χ0n) is 10.3. The van der Waals surface area contributed by atoms with Crippen LogP contribution < -0.4 is 16.9 Å². The number of rotatable bonds is 5. The van der Waals surface area contributed by atoms with E-state index in [1.807, 2.05) is 6.07 Å². The fourth-order valence-corrected chi connectivity index (χ4v) is 2.11. The third-order valence-electron chi connectivity index (χ3n) is 2.27. The molecule has 0 saturated carbocycles. The second-order valence-corrected chi connectivity index (χ2v) is 5.24. The van der Waals surface area contributed by atoms with Crippen LogP contribution in [-0.4, -0.2) is 26.1 Å². The van der Waals surface area contributed by atoms with Gasteiger partial charge in [0.1, 0.15) is 5.54 Å². The van der Waals surface area contributed by atoms with E-state index in [9.17, 15) is 9.59 Å². The van der Waals surface area contributed by atoms with Gasteiger partial charge in [0.05, 0.1) is 6.07 Å². The Labute approximate surface area is 108 Å². The van der Waals surface area contributed by atoms with Crippen molar-refractivity contribution < 1.29 is 0 Å². The standard InChI is InChI=1S/C10H15N5O2S/c1-10(12,6-11)4-3-5-18-9-13-7(16)8(17)14-15(9)2/h3-5,12H2,1-2H3,(H,14,17). The monoisotopic (exact) mass is 269 g/mol. The molecule has 1 aromatic rings. The number of hydrogen-bond donors (Lipinski definition) is 2. The second-order valence-electron chi connectivity index (χ2n) is 4.18. The van der Waals surface area contributed by atoms with E-state index in [1.165, 1.54) is 16.4 Å². The van der Waals surface area contributed by atoms with Gasteiger partial charge >= 0.3 is 11.1 Å². The normalized spacial score (nSPS) is 13.9. The number of nitrogens with two attached hydrogens (primary N) is 1. The Balaban J connectivity index is 2.56. The van der Waals surface area contributed by atoms with Crippen molar-refractivity contribution in [1.29, 1.82) is 5.26 Å². The summed E-state index contributed by atoms with van der Waals surface area (Å²) >= 11 is 1.34. The number of aryl methyl sites for hydroxylation is 1. The highest BCUT2D eigenvalue weighted by Crippen LogP contribution is 2.16. The molecule has 0 saturated heterocycles. The van der Waals surface area contributed by atoms with Crippen molar-refractivity contribution in [1.82, 2.24) is 14.8 Å². The quantitative estimate of drug-likeness (QED) is 0.426. The van der Waals surface area contributed by atoms with E-state index < -0.39 is 16.7 Å². The summed E-state index contributed by atoms with van der Waals surface area (Å²) < 4.78 is 1.40. The highest BCUT2D eigenvalue weighted by molar-refractivity contribution is 7.99. The largest absolute Gasteiger partial charge is 0.339 e. The van der Waals surface area contributed by atoms with Crippen LogP contribution in [0.2, 0.25) is 0 Å². The highest BCUT2D eigenvalue weighted by atomic mass is 32.2. The molecule has 8 heteroatoms. The van der Waals surface area contributed by atoms with Gasteiger partial charge in [0.2, 0.25) is 0 Å². The van der Waals surface area contributed by atoms with Crippen molar-refractivity contribution in [3.05, 3.63) is 20.7 Å². The molecule has 0 aliphatic rings. The van der Waals surface area contributed by atoms with Gasteiger partial charge < -0.3 is 5.73 Å². The van der Waals surface area contributed by atoms with Gasteiger partial charge in [0.25, 0.3) is 0 Å². The topological polar surface area (TPSA) is 118 Å². The summed E-state index contributed by atoms with van der Waals surface area (Å²) in [7, 11) is 1.61. The summed E-state index contributed by atoms with van der Waals surface area (Å²) in [6, 6.07) is 2.02. The number of nitrogens with zero attached hydrogens (tertiary/aromatic N) is 3. The van der Waals surface area contributed by atoms with E-state index in [0.717, 1.165) is 6.42 Å². The lowest BCUT2D eigenvalue weighted by molar-refractivity contribution is 0.539. The van der Waals surface area contributed by atoms with E-state index in [-0.39, 0.29) is 0 Å². The molecule has 1 aromatic heterocycles. The Kier molecular flexibility index (Phi) is 4.69. The first kappa shape index (κ1) is 14.5. The Bertz CT molecular complexity index is 569. The van der Waals surface area contributed by atoms with Gasteiger partial charge in [-0.3, -0.25) is 19.4 Å². The molecular formula is C10H15N5O2S. The molecule has 0 aliphatic heterocycles. The molecule has 0 bridgehead atoms. The van der Waals surface area contributed by atoms with Crippen molar-refractivity contribution in [3.8, 4) is 6.07 Å². The van der Waals surface area contributed by atoms with Gasteiger partial charge in [-0.15, -0.1) is 0 Å². The van der Waals surface area contributed by atoms with E-state index in [4.69, 9.17) is 11.0 Å². The average molecular weight is 269 g/mol. The van der Waals surface area contributed by atoms with Crippen molar-refractivity contribution in [2.24, 2.45) is 12.8 Å². The molecule has 0 aliphatic carbocycles. The average Bonchev–Trinajstić information content (AvgIpc) is 2.31. The van der Waals surface area contributed by atoms with Gasteiger partial charge in [-0.25, -0.2) is 0 Å². The summed E-state index contributed by atoms with van der Waals surface area (Å²) in [6.07, 6.45) is 1.29. The number of nitrogens with one attached hydrogen (secondary N) is 1. The summed E-state index contributed by atoms with van der Waals surface area (Å²) in [5.41, 5.74) is 3.32. The van der Waals surface area contributed by atoms with Crippen molar-refractivity contribution in [3.63, 3.8) is 0 Å². The van der Waals surface area contributed by atoms with Crippen LogP contribution in [0.5, 0.6) is 0 Å². The fourth-order valence-electron chi connectivity index (χ4n) is 1.25. The lowest BCUT2D eigenvalue weighted by Crippen LogP contribution is -2.34. The van der Waals surface area contributed by atoms with Crippen LogP contribution in [0.15, 0.2) is 14.7 Å². The van der Waals surface area contributed by atoms with Gasteiger partial charge in [0.15, 0.2) is 5.16 Å². The third kappa shape index (κ3) is 4.01. The maximum absolute atomic E-state index is 11.1. The fraction of sp³-hybridized carbons (Fsp3) is 0.600. The minimum Gasteiger partial charge on any atom is -0.314 e. The molecule has 1 rings (SSSR count). The van der Waals surface area contributed by atoms with Crippen LogP contribution in [0.4, 0.5) is 0 Å². The number of H-pyrrole nitrogens is 1. The Morgan fingerprint density at radius 3 is 2.89 bits per heavy atom. The van der Waals surface area contributed by atoms with Crippen LogP contribution in [0.25, 0.3) is 0 Å². The van der Waals surface area contributed by atoms with E-state index in [1.54, 1.807) is 14.0 Å². The maximum atomic E-state index is 11.1. The van der Waals surface area contributed by atoms with Gasteiger partial charge in [-0.05, 0) is 19.8 Å². The van der Waals surface area contributed by atoms with Gasteiger partial charge in [-0.2, -0.15) is 10.2 Å². The van der Waals surface area contributed by atoms with E-state index >= 15 is 0 Å². The predicted molar refractivity (Wildman–Crippen MR) is 68.3 cm³/mol. The number of aromatic amines is 1. The summed E-state index contributed by atoms with van der Waals surface area (Å²) in [4.78, 5) is 25.7. The second kappa shape index (κ2) is 5.84. The predicted octanol–water partition coefficient (Wildman–Crippen LogP) is -0.418.